The van der Waals surface area contributed by atoms with Crippen molar-refractivity contribution in [2.24, 2.45) is 11.7 Å². The number of anilines is 3. The Labute approximate surface area is 499 Å². The second-order valence-corrected chi connectivity index (χ2v) is 23.0. The highest BCUT2D eigenvalue weighted by Crippen LogP contribution is 2.47. The predicted molar refractivity (Wildman–Crippen MR) is 327 cm³/mol. The Morgan fingerprint density at radius 3 is 2.12 bits per heavy atom. The highest BCUT2D eigenvalue weighted by Gasteiger charge is 2.38. The fourth-order valence-electron chi connectivity index (χ4n) is 12.0. The summed E-state index contributed by atoms with van der Waals surface area (Å²) < 4.78 is 17.7. The first-order valence-corrected chi connectivity index (χ1v) is 29.8. The van der Waals surface area contributed by atoms with Crippen LogP contribution in [0.2, 0.25) is 0 Å². The fourth-order valence-corrected chi connectivity index (χ4v) is 12.5. The van der Waals surface area contributed by atoms with Crippen molar-refractivity contribution in [3.63, 3.8) is 0 Å². The maximum absolute atomic E-state index is 14.7. The van der Waals surface area contributed by atoms with Crippen molar-refractivity contribution in [3.8, 4) is 16.9 Å². The number of carbonyl (C=O) groups excluding carboxylic acids is 7. The topological polar surface area (TPSA) is 250 Å². The lowest BCUT2D eigenvalue weighted by Crippen LogP contribution is -2.54. The number of carbonyl (C=O) groups is 7. The van der Waals surface area contributed by atoms with E-state index in [1.807, 2.05) is 104 Å². The molecule has 1 saturated heterocycles. The molecular weight excluding hydrogens is 1150 g/mol. The normalized spacial score (nSPS) is 16.1. The molecule has 1 aliphatic carbocycles. The molecule has 0 bridgehead atoms. The third-order valence-electron chi connectivity index (χ3n) is 16.5. The fraction of sp³-hybridized carbons (Fsp3) is 0.328. The number of piperazine rings is 1. The summed E-state index contributed by atoms with van der Waals surface area (Å²) in [5.74, 6) is -1.56. The standard InChI is InChI=1S/C64H67BrN10O10/c1-37(2)57(71-62(80)83-36-49-43-13-6-4-11-41(43)42-12-5-7-14-44(42)49)59(77)70-51(17-10-25-67-61(66)79)58(76)68-40-20-18-38(19-21-40)35-84-64(82)74-26-24-45-48-31-52(69-50(48)22-23-53(45)74)60(78)75-34-39(33-65)56-47-16-9-8-15-46(47)55(32-54(56)75)85-63(81)73-29-27-72(3)28-30-73/h4-9,11-16,18-23,31-32,37,39,49,51,57,69H,10,17,24-30,33-36H2,1-3H3,(H,68,76)(H,70,77)(H,71,80)(H3,66,67,79)/t39-,51+,57+/m1/s1. The molecule has 0 radical (unpaired) electrons. The van der Waals surface area contributed by atoms with Crippen LogP contribution < -0.4 is 41.5 Å². The molecule has 0 spiro atoms. The van der Waals surface area contributed by atoms with E-state index < -0.39 is 48.2 Å². The molecule has 7 N–H and O–H groups in total. The molecule has 3 atom stereocenters. The zero-order chi connectivity index (χ0) is 59.5. The van der Waals surface area contributed by atoms with E-state index in [0.717, 1.165) is 68.1 Å². The zero-order valence-electron chi connectivity index (χ0n) is 47.5. The van der Waals surface area contributed by atoms with Crippen molar-refractivity contribution in [1.82, 2.24) is 30.7 Å². The largest absolute Gasteiger partial charge is 0.449 e. The lowest BCUT2D eigenvalue weighted by molar-refractivity contribution is -0.128. The summed E-state index contributed by atoms with van der Waals surface area (Å²) >= 11 is 3.71. The maximum Gasteiger partial charge on any atom is 0.415 e. The van der Waals surface area contributed by atoms with E-state index >= 15 is 0 Å². The summed E-state index contributed by atoms with van der Waals surface area (Å²) in [6, 6.07) is 35.0. The average Bonchev–Trinajstić information content (AvgIpc) is 2.09. The summed E-state index contributed by atoms with van der Waals surface area (Å²) in [6.07, 6.45) is -0.798. The molecule has 3 aliphatic heterocycles. The Balaban J connectivity index is 0.710. The van der Waals surface area contributed by atoms with Crippen LogP contribution in [0.4, 0.5) is 36.2 Å². The zero-order valence-corrected chi connectivity index (χ0v) is 49.0. The second kappa shape index (κ2) is 25.1. The van der Waals surface area contributed by atoms with Crippen molar-refractivity contribution in [3.05, 3.63) is 155 Å². The van der Waals surface area contributed by atoms with Crippen LogP contribution in [0.3, 0.4) is 0 Å². The Bertz CT molecular complexity index is 3690. The van der Waals surface area contributed by atoms with E-state index in [1.165, 1.54) is 0 Å². The summed E-state index contributed by atoms with van der Waals surface area (Å²) in [5, 5.41) is 14.0. The van der Waals surface area contributed by atoms with Crippen molar-refractivity contribution in [2.45, 2.75) is 63.6 Å². The first kappa shape index (κ1) is 57.8. The highest BCUT2D eigenvalue weighted by molar-refractivity contribution is 9.09. The molecule has 21 heteroatoms. The van der Waals surface area contributed by atoms with Crippen LogP contribution in [0.15, 0.2) is 121 Å². The van der Waals surface area contributed by atoms with E-state index in [2.05, 4.69) is 47.1 Å². The molecule has 7 aromatic rings. The van der Waals surface area contributed by atoms with Crippen molar-refractivity contribution in [2.75, 3.05) is 79.9 Å². The number of aromatic nitrogens is 1. The van der Waals surface area contributed by atoms with Gasteiger partial charge in [-0.15, -0.1) is 0 Å². The number of hydrogen-bond acceptors (Lipinski definition) is 11. The number of aromatic amines is 1. The van der Waals surface area contributed by atoms with Gasteiger partial charge < -0.3 is 60.9 Å². The number of rotatable bonds is 17. The van der Waals surface area contributed by atoms with E-state index in [9.17, 15) is 33.6 Å². The lowest BCUT2D eigenvalue weighted by Gasteiger charge is -2.31. The molecule has 4 aliphatic rings. The number of halogens is 1. The number of nitrogens with zero attached hydrogens (tertiary/aromatic N) is 4. The minimum Gasteiger partial charge on any atom is -0.449 e. The number of nitrogens with one attached hydrogen (secondary N) is 5. The van der Waals surface area contributed by atoms with E-state index in [0.29, 0.717) is 78.4 Å². The summed E-state index contributed by atoms with van der Waals surface area (Å²) in [7, 11) is 2.03. The number of primary amides is 1. The van der Waals surface area contributed by atoms with Gasteiger partial charge in [-0.05, 0) is 107 Å². The molecule has 11 rings (SSSR count). The van der Waals surface area contributed by atoms with Gasteiger partial charge in [0.2, 0.25) is 11.8 Å². The summed E-state index contributed by atoms with van der Waals surface area (Å²) in [4.78, 5) is 105. The van der Waals surface area contributed by atoms with Crippen LogP contribution in [0.25, 0.3) is 32.8 Å². The van der Waals surface area contributed by atoms with Crippen LogP contribution in [-0.2, 0) is 32.1 Å². The number of hydrogen-bond donors (Lipinski definition) is 6. The molecule has 85 heavy (non-hydrogen) atoms. The summed E-state index contributed by atoms with van der Waals surface area (Å²) in [6.45, 7) is 7.09. The molecule has 6 aromatic carbocycles. The van der Waals surface area contributed by atoms with Gasteiger partial charge in [-0.25, -0.2) is 19.2 Å². The number of amides is 8. The van der Waals surface area contributed by atoms with Gasteiger partial charge in [-0.1, -0.05) is 115 Å². The Hall–Kier alpha value is -8.95. The van der Waals surface area contributed by atoms with Gasteiger partial charge in [0.15, 0.2) is 0 Å². The van der Waals surface area contributed by atoms with Gasteiger partial charge in [-0.2, -0.15) is 0 Å². The SMILES string of the molecule is CC(C)[C@H](NC(=O)OCC1c2ccccc2-c2ccccc21)C(=O)N[C@@H](CCCNC(N)=O)C(=O)Nc1ccc(COC(=O)N2CCc3c2ccc2[nH]c(C(=O)N4C[C@@H](CBr)c5c4cc(OC(=O)N4CCN(C)CC4)c4ccccc54)cc32)cc1. The number of alkyl carbamates (subject to hydrolysis) is 1. The third-order valence-corrected chi connectivity index (χ3v) is 17.3. The third kappa shape index (κ3) is 12.2. The highest BCUT2D eigenvalue weighted by atomic mass is 79.9. The maximum atomic E-state index is 14.7. The van der Waals surface area contributed by atoms with Crippen LogP contribution in [0.5, 0.6) is 5.75 Å². The quantitative estimate of drug-likeness (QED) is 0.0370. The monoisotopic (exact) mass is 1210 g/mol. The molecule has 4 heterocycles. The molecular formula is C64H67BrN10O10. The molecule has 1 fully saturated rings. The van der Waals surface area contributed by atoms with Gasteiger partial charge in [-0.3, -0.25) is 19.3 Å². The predicted octanol–water partition coefficient (Wildman–Crippen LogP) is 9.34. The second-order valence-electron chi connectivity index (χ2n) is 22.3. The van der Waals surface area contributed by atoms with E-state index in [1.54, 1.807) is 52.8 Å². The van der Waals surface area contributed by atoms with E-state index in [-0.39, 0.29) is 49.8 Å². The van der Waals surface area contributed by atoms with Crippen LogP contribution in [0.1, 0.15) is 76.8 Å². The van der Waals surface area contributed by atoms with Gasteiger partial charge in [0.25, 0.3) is 5.91 Å². The Kier molecular flexibility index (Phi) is 17.1. The number of H-pyrrole nitrogens is 1. The minimum atomic E-state index is -1.08. The number of urea groups is 1. The number of likely N-dealkylation sites (N-methyl/N-ethyl adjacent to an activating group) is 1. The number of fused-ring (bicyclic) bond motifs is 9. The smallest absolute Gasteiger partial charge is 0.415 e. The van der Waals surface area contributed by atoms with Gasteiger partial charge >= 0.3 is 24.3 Å². The first-order chi connectivity index (χ1) is 41.1. The summed E-state index contributed by atoms with van der Waals surface area (Å²) in [5.41, 5.74) is 15.0. The number of benzene rings is 6. The average molecular weight is 1220 g/mol. The van der Waals surface area contributed by atoms with Crippen LogP contribution >= 0.6 is 15.9 Å². The van der Waals surface area contributed by atoms with Gasteiger partial charge in [0, 0.05) is 91.0 Å². The van der Waals surface area contributed by atoms with Crippen molar-refractivity contribution < 1.29 is 47.8 Å². The number of ether oxygens (including phenoxy) is 3. The molecule has 8 amide bonds. The van der Waals surface area contributed by atoms with Crippen LogP contribution in [0, 0.1) is 5.92 Å². The van der Waals surface area contributed by atoms with Crippen molar-refractivity contribution >= 4 is 96.7 Å². The van der Waals surface area contributed by atoms with E-state index in [4.69, 9.17) is 19.9 Å². The molecule has 1 aromatic heterocycles. The van der Waals surface area contributed by atoms with Crippen molar-refractivity contribution in [1.29, 1.82) is 0 Å². The first-order valence-electron chi connectivity index (χ1n) is 28.7. The molecule has 0 unspecified atom stereocenters. The minimum absolute atomic E-state index is 0.0199. The number of alkyl halides is 1. The molecule has 440 valence electrons. The van der Waals surface area contributed by atoms with Gasteiger partial charge in [0.05, 0.1) is 11.4 Å². The molecule has 0 saturated carbocycles. The number of nitrogens with two attached hydrogens (primary N) is 1. The van der Waals surface area contributed by atoms with Crippen LogP contribution in [-0.4, -0.2) is 134 Å². The Morgan fingerprint density at radius 2 is 1.42 bits per heavy atom. The molecule has 20 nitrogen and oxygen atoms in total. The van der Waals surface area contributed by atoms with Gasteiger partial charge in [0.1, 0.15) is 36.7 Å². The lowest BCUT2D eigenvalue weighted by atomic mass is 9.95. The Morgan fingerprint density at radius 1 is 0.729 bits per heavy atom.